The van der Waals surface area contributed by atoms with Crippen molar-refractivity contribution in [3.05, 3.63) is 81.5 Å². The van der Waals surface area contributed by atoms with Crippen LogP contribution in [0.3, 0.4) is 0 Å². The van der Waals surface area contributed by atoms with Gasteiger partial charge in [0.2, 0.25) is 5.95 Å². The van der Waals surface area contributed by atoms with Crippen molar-refractivity contribution in [3.63, 3.8) is 0 Å². The minimum Gasteiger partial charge on any atom is -0.324 e. The van der Waals surface area contributed by atoms with Gasteiger partial charge in [-0.15, -0.1) is 10.2 Å². The van der Waals surface area contributed by atoms with Gasteiger partial charge in [0.15, 0.2) is 11.6 Å². The number of hydrogen-bond acceptors (Lipinski definition) is 4. The van der Waals surface area contributed by atoms with Gasteiger partial charge >= 0.3 is 0 Å². The standard InChI is InChI=1S/C16H11F3N4O/c17-10-3-1-9(2-4-10)7-14-15(24)21-16(23-22-14)20-11-5-6-12(18)13(19)8-11/h1-6,8H,7H2,(H2,20,21,23,24). The van der Waals surface area contributed by atoms with Crippen molar-refractivity contribution >= 4 is 11.6 Å². The maximum absolute atomic E-state index is 13.1. The molecule has 2 N–H and O–H groups in total. The van der Waals surface area contributed by atoms with Crippen molar-refractivity contribution in [2.45, 2.75) is 6.42 Å². The van der Waals surface area contributed by atoms with Crippen LogP contribution >= 0.6 is 0 Å². The number of aromatic amines is 1. The molecule has 0 radical (unpaired) electrons. The number of nitrogens with one attached hydrogen (secondary N) is 2. The summed E-state index contributed by atoms with van der Waals surface area (Å²) in [7, 11) is 0. The van der Waals surface area contributed by atoms with Gasteiger partial charge in [-0.3, -0.25) is 9.78 Å². The molecule has 0 spiro atoms. The van der Waals surface area contributed by atoms with E-state index < -0.39 is 17.2 Å². The number of hydrogen-bond donors (Lipinski definition) is 2. The average molecular weight is 332 g/mol. The van der Waals surface area contributed by atoms with Crippen LogP contribution in [0, 0.1) is 17.5 Å². The predicted molar refractivity (Wildman–Crippen MR) is 81.5 cm³/mol. The lowest BCUT2D eigenvalue weighted by Crippen LogP contribution is -2.18. The van der Waals surface area contributed by atoms with E-state index in [1.54, 1.807) is 12.1 Å². The predicted octanol–water partition coefficient (Wildman–Crippen LogP) is 2.92. The van der Waals surface area contributed by atoms with E-state index >= 15 is 0 Å². The van der Waals surface area contributed by atoms with Gasteiger partial charge in [0.1, 0.15) is 11.5 Å². The largest absolute Gasteiger partial charge is 0.324 e. The fourth-order valence-corrected chi connectivity index (χ4v) is 2.04. The molecule has 0 saturated carbocycles. The zero-order valence-electron chi connectivity index (χ0n) is 12.2. The number of aromatic nitrogens is 3. The molecule has 0 atom stereocenters. The SMILES string of the molecule is O=c1[nH]c(Nc2ccc(F)c(F)c2)nnc1Cc1ccc(F)cc1. The van der Waals surface area contributed by atoms with Gasteiger partial charge in [-0.1, -0.05) is 12.1 Å². The van der Waals surface area contributed by atoms with Gasteiger partial charge in [0.25, 0.3) is 5.56 Å². The van der Waals surface area contributed by atoms with Crippen LogP contribution in [0.2, 0.25) is 0 Å². The summed E-state index contributed by atoms with van der Waals surface area (Å²) in [5.41, 5.74) is 0.583. The lowest BCUT2D eigenvalue weighted by molar-refractivity contribution is 0.509. The summed E-state index contributed by atoms with van der Waals surface area (Å²) < 4.78 is 38.9. The average Bonchev–Trinajstić information content (AvgIpc) is 2.55. The third-order valence-electron chi connectivity index (χ3n) is 3.23. The molecule has 0 fully saturated rings. The summed E-state index contributed by atoms with van der Waals surface area (Å²) >= 11 is 0. The number of benzene rings is 2. The van der Waals surface area contributed by atoms with E-state index in [2.05, 4.69) is 20.5 Å². The monoisotopic (exact) mass is 332 g/mol. The molecule has 0 aliphatic heterocycles. The molecule has 122 valence electrons. The smallest absolute Gasteiger partial charge is 0.274 e. The maximum atomic E-state index is 13.1. The van der Waals surface area contributed by atoms with E-state index in [-0.39, 0.29) is 29.6 Å². The van der Waals surface area contributed by atoms with E-state index in [1.165, 1.54) is 18.2 Å². The number of halogens is 3. The highest BCUT2D eigenvalue weighted by Crippen LogP contribution is 2.15. The van der Waals surface area contributed by atoms with Crippen molar-refractivity contribution in [3.8, 4) is 0 Å². The third kappa shape index (κ3) is 3.60. The Morgan fingerprint density at radius 1 is 0.958 bits per heavy atom. The molecule has 24 heavy (non-hydrogen) atoms. The fraction of sp³-hybridized carbons (Fsp3) is 0.0625. The van der Waals surface area contributed by atoms with E-state index in [4.69, 9.17) is 0 Å². The Morgan fingerprint density at radius 2 is 1.71 bits per heavy atom. The molecule has 0 unspecified atom stereocenters. The first-order chi connectivity index (χ1) is 11.5. The van der Waals surface area contributed by atoms with Gasteiger partial charge < -0.3 is 5.32 Å². The Kier molecular flexibility index (Phi) is 4.28. The van der Waals surface area contributed by atoms with Crippen LogP contribution in [-0.2, 0) is 6.42 Å². The molecule has 0 amide bonds. The highest BCUT2D eigenvalue weighted by Gasteiger charge is 2.08. The summed E-state index contributed by atoms with van der Waals surface area (Å²) in [4.78, 5) is 14.5. The normalized spacial score (nSPS) is 10.6. The summed E-state index contributed by atoms with van der Waals surface area (Å²) in [6.07, 6.45) is 0.189. The van der Waals surface area contributed by atoms with Crippen molar-refractivity contribution in [2.24, 2.45) is 0 Å². The van der Waals surface area contributed by atoms with Crippen molar-refractivity contribution < 1.29 is 13.2 Å². The molecule has 0 saturated heterocycles. The van der Waals surface area contributed by atoms with E-state index in [0.717, 1.165) is 12.1 Å². The summed E-state index contributed by atoms with van der Waals surface area (Å²) in [5, 5.41) is 10.2. The number of anilines is 2. The Bertz CT molecular complexity index is 925. The topological polar surface area (TPSA) is 70.7 Å². The van der Waals surface area contributed by atoms with Crippen molar-refractivity contribution in [2.75, 3.05) is 5.32 Å². The second-order valence-corrected chi connectivity index (χ2v) is 5.01. The molecule has 8 heteroatoms. The zero-order chi connectivity index (χ0) is 17.1. The molecule has 2 aromatic carbocycles. The first-order valence-electron chi connectivity index (χ1n) is 6.93. The molecule has 1 heterocycles. The van der Waals surface area contributed by atoms with Gasteiger partial charge in [-0.2, -0.15) is 0 Å². The minimum atomic E-state index is -1.02. The molecule has 5 nitrogen and oxygen atoms in total. The summed E-state index contributed by atoms with van der Waals surface area (Å²) in [5.74, 6) is -2.38. The fourth-order valence-electron chi connectivity index (χ4n) is 2.04. The van der Waals surface area contributed by atoms with Gasteiger partial charge in [-0.05, 0) is 29.8 Å². The maximum Gasteiger partial charge on any atom is 0.274 e. The Labute approximate surface area is 134 Å². The lowest BCUT2D eigenvalue weighted by atomic mass is 10.1. The van der Waals surface area contributed by atoms with Crippen LogP contribution < -0.4 is 10.9 Å². The second kappa shape index (κ2) is 6.53. The van der Waals surface area contributed by atoms with E-state index in [0.29, 0.717) is 5.56 Å². The molecule has 0 bridgehead atoms. The van der Waals surface area contributed by atoms with Crippen LogP contribution in [0.4, 0.5) is 24.8 Å². The first kappa shape index (κ1) is 15.7. The number of H-pyrrole nitrogens is 1. The second-order valence-electron chi connectivity index (χ2n) is 5.01. The first-order valence-corrected chi connectivity index (χ1v) is 6.93. The molecule has 0 aliphatic rings. The van der Waals surface area contributed by atoms with Crippen LogP contribution in [0.15, 0.2) is 47.3 Å². The molecule has 3 aromatic rings. The number of rotatable bonds is 4. The molecular formula is C16H11F3N4O. The van der Waals surface area contributed by atoms with Crippen LogP contribution in [0.5, 0.6) is 0 Å². The van der Waals surface area contributed by atoms with Gasteiger partial charge in [0, 0.05) is 18.2 Å². The Morgan fingerprint density at radius 3 is 2.38 bits per heavy atom. The summed E-state index contributed by atoms with van der Waals surface area (Å²) in [6, 6.07) is 8.85. The molecule has 1 aromatic heterocycles. The number of nitrogens with zero attached hydrogens (tertiary/aromatic N) is 2. The van der Waals surface area contributed by atoms with Gasteiger partial charge in [0.05, 0.1) is 0 Å². The highest BCUT2D eigenvalue weighted by molar-refractivity contribution is 5.52. The van der Waals surface area contributed by atoms with Crippen LogP contribution in [-0.4, -0.2) is 15.2 Å². The zero-order valence-corrected chi connectivity index (χ0v) is 12.2. The Balaban J connectivity index is 1.78. The lowest BCUT2D eigenvalue weighted by Gasteiger charge is -2.06. The molecule has 0 aliphatic carbocycles. The Hall–Kier alpha value is -3.16. The molecule has 3 rings (SSSR count). The van der Waals surface area contributed by atoms with Crippen molar-refractivity contribution in [1.82, 2.24) is 15.2 Å². The quantitative estimate of drug-likeness (QED) is 0.771. The highest BCUT2D eigenvalue weighted by atomic mass is 19.2. The van der Waals surface area contributed by atoms with Gasteiger partial charge in [-0.25, -0.2) is 13.2 Å². The molecular weight excluding hydrogens is 321 g/mol. The van der Waals surface area contributed by atoms with Crippen LogP contribution in [0.25, 0.3) is 0 Å². The third-order valence-corrected chi connectivity index (χ3v) is 3.23. The van der Waals surface area contributed by atoms with E-state index in [1.807, 2.05) is 0 Å². The van der Waals surface area contributed by atoms with E-state index in [9.17, 15) is 18.0 Å². The van der Waals surface area contributed by atoms with Crippen molar-refractivity contribution in [1.29, 1.82) is 0 Å². The summed E-state index contributed by atoms with van der Waals surface area (Å²) in [6.45, 7) is 0. The van der Waals surface area contributed by atoms with Crippen LogP contribution in [0.1, 0.15) is 11.3 Å². The minimum absolute atomic E-state index is 0.00568.